The smallest absolute Gasteiger partial charge is 0.188 e. The Hall–Kier alpha value is -2.07. The zero-order chi connectivity index (χ0) is 17.7. The number of nitrogens with one attached hydrogen (secondary N) is 2. The molecule has 1 atom stereocenters. The number of aryl methyl sites for hydroxylation is 1. The Morgan fingerprint density at radius 3 is 2.58 bits per heavy atom. The second kappa shape index (κ2) is 8.15. The minimum atomic E-state index is 0.244. The van der Waals surface area contributed by atoms with Crippen LogP contribution in [0.1, 0.15) is 43.7 Å². The Kier molecular flexibility index (Phi) is 6.21. The molecule has 0 radical (unpaired) electrons. The molecule has 24 heavy (non-hydrogen) atoms. The van der Waals surface area contributed by atoms with Gasteiger partial charge in [-0.2, -0.15) is 0 Å². The van der Waals surface area contributed by atoms with Crippen molar-refractivity contribution < 1.29 is 0 Å². The van der Waals surface area contributed by atoms with Crippen LogP contribution in [0.15, 0.2) is 48.4 Å². The third kappa shape index (κ3) is 4.06. The van der Waals surface area contributed by atoms with Crippen LogP contribution in [0, 0.1) is 6.92 Å². The number of hydrogen-bond acceptors (Lipinski definition) is 4. The first-order valence-corrected chi connectivity index (χ1v) is 9.29. The molecule has 0 spiro atoms. The van der Waals surface area contributed by atoms with Crippen LogP contribution in [-0.2, 0) is 6.42 Å². The van der Waals surface area contributed by atoms with Gasteiger partial charge in [-0.05, 0) is 49.5 Å². The lowest BCUT2D eigenvalue weighted by Crippen LogP contribution is -2.30. The van der Waals surface area contributed by atoms with Crippen LogP contribution in [-0.4, -0.2) is 11.0 Å². The highest BCUT2D eigenvalue weighted by molar-refractivity contribution is 7.15. The van der Waals surface area contributed by atoms with Gasteiger partial charge in [0.1, 0.15) is 0 Å². The summed E-state index contributed by atoms with van der Waals surface area (Å²) in [5, 5.41) is 7.56. The van der Waals surface area contributed by atoms with Crippen molar-refractivity contribution >= 4 is 22.0 Å². The maximum atomic E-state index is 4.30. The third-order valence-corrected chi connectivity index (χ3v) is 4.90. The van der Waals surface area contributed by atoms with E-state index in [1.807, 2.05) is 27.0 Å². The van der Waals surface area contributed by atoms with Gasteiger partial charge in [0.25, 0.3) is 0 Å². The van der Waals surface area contributed by atoms with Crippen LogP contribution in [0.25, 0.3) is 5.57 Å². The molecule has 1 aliphatic rings. The van der Waals surface area contributed by atoms with Gasteiger partial charge in [-0.15, -0.1) is 11.3 Å². The van der Waals surface area contributed by atoms with Gasteiger partial charge >= 0.3 is 0 Å². The molecule has 128 valence electrons. The molecule has 2 aromatic rings. The summed E-state index contributed by atoms with van der Waals surface area (Å²) in [4.78, 5) is 5.49. The van der Waals surface area contributed by atoms with Gasteiger partial charge in [0, 0.05) is 17.1 Å². The van der Waals surface area contributed by atoms with E-state index in [2.05, 4.69) is 60.3 Å². The molecule has 0 saturated heterocycles. The largest absolute Gasteiger partial charge is 0.366 e. The summed E-state index contributed by atoms with van der Waals surface area (Å²) >= 11 is 1.63. The molecule has 1 aromatic carbocycles. The van der Waals surface area contributed by atoms with Crippen molar-refractivity contribution in [3.63, 3.8) is 0 Å². The second-order valence-corrected chi connectivity index (χ2v) is 6.96. The highest BCUT2D eigenvalue weighted by Gasteiger charge is 2.22. The summed E-state index contributed by atoms with van der Waals surface area (Å²) in [6, 6.07) is 8.88. The Labute approximate surface area is 149 Å². The first-order valence-electron chi connectivity index (χ1n) is 8.47. The number of nitrogens with zero attached hydrogens (tertiary/aromatic N) is 1. The Bertz CT molecular complexity index is 743. The van der Waals surface area contributed by atoms with Crippen LogP contribution in [0.2, 0.25) is 0 Å². The number of aromatic nitrogens is 1. The van der Waals surface area contributed by atoms with Gasteiger partial charge < -0.3 is 10.6 Å². The maximum Gasteiger partial charge on any atom is 0.188 e. The first kappa shape index (κ1) is 18.3. The van der Waals surface area contributed by atoms with Crippen molar-refractivity contribution in [2.45, 2.75) is 47.1 Å². The number of thiazole rings is 1. The second-order valence-electron chi connectivity index (χ2n) is 5.73. The van der Waals surface area contributed by atoms with Crippen molar-refractivity contribution in [1.82, 2.24) is 10.3 Å². The van der Waals surface area contributed by atoms with Crippen LogP contribution >= 0.6 is 11.3 Å². The van der Waals surface area contributed by atoms with Crippen LogP contribution < -0.4 is 10.6 Å². The maximum absolute atomic E-state index is 4.30. The summed E-state index contributed by atoms with van der Waals surface area (Å²) in [6.07, 6.45) is 2.88. The Balaban J connectivity index is 0.00000100. The SMILES string of the molecule is C=C(Nc1ncc(C)s1)NC(C)C1=C(C)c2ccccc2C1.CC. The summed E-state index contributed by atoms with van der Waals surface area (Å²) in [5.74, 6) is 0.790. The number of hydrogen-bond donors (Lipinski definition) is 2. The van der Waals surface area contributed by atoms with Gasteiger partial charge in [-0.25, -0.2) is 4.98 Å². The van der Waals surface area contributed by atoms with Crippen LogP contribution in [0.3, 0.4) is 0 Å². The number of benzene rings is 1. The highest BCUT2D eigenvalue weighted by atomic mass is 32.1. The molecular weight excluding hydrogens is 314 g/mol. The summed E-state index contributed by atoms with van der Waals surface area (Å²) in [6.45, 7) is 14.5. The van der Waals surface area contributed by atoms with E-state index in [1.54, 1.807) is 11.3 Å². The first-order chi connectivity index (χ1) is 11.5. The topological polar surface area (TPSA) is 37.0 Å². The van der Waals surface area contributed by atoms with Gasteiger partial charge in [0.05, 0.1) is 5.82 Å². The minimum absolute atomic E-state index is 0.244. The Morgan fingerprint density at radius 1 is 1.25 bits per heavy atom. The average Bonchev–Trinajstić information content (AvgIpc) is 3.13. The molecule has 1 aromatic heterocycles. The summed E-state index contributed by atoms with van der Waals surface area (Å²) < 4.78 is 0. The molecule has 0 amide bonds. The zero-order valence-corrected chi connectivity index (χ0v) is 16.1. The van der Waals surface area contributed by atoms with Crippen molar-refractivity contribution in [3.8, 4) is 0 Å². The molecule has 0 fully saturated rings. The zero-order valence-electron chi connectivity index (χ0n) is 15.2. The lowest BCUT2D eigenvalue weighted by molar-refractivity contribution is 0.688. The third-order valence-electron chi connectivity index (χ3n) is 4.08. The van der Waals surface area contributed by atoms with Crippen molar-refractivity contribution in [1.29, 1.82) is 0 Å². The summed E-state index contributed by atoms with van der Waals surface area (Å²) in [5.41, 5.74) is 5.60. The molecular formula is C20H27N3S. The lowest BCUT2D eigenvalue weighted by Gasteiger charge is -2.19. The molecule has 4 heteroatoms. The fourth-order valence-electron chi connectivity index (χ4n) is 2.96. The van der Waals surface area contributed by atoms with E-state index in [1.165, 1.54) is 27.2 Å². The molecule has 0 aliphatic heterocycles. The minimum Gasteiger partial charge on any atom is -0.366 e. The predicted molar refractivity (Wildman–Crippen MR) is 106 cm³/mol. The van der Waals surface area contributed by atoms with E-state index in [-0.39, 0.29) is 6.04 Å². The summed E-state index contributed by atoms with van der Waals surface area (Å²) in [7, 11) is 0. The van der Waals surface area contributed by atoms with Crippen molar-refractivity contribution in [2.24, 2.45) is 0 Å². The number of allylic oxidation sites excluding steroid dienone is 1. The van der Waals surface area contributed by atoms with Crippen molar-refractivity contribution in [2.75, 3.05) is 5.32 Å². The van der Waals surface area contributed by atoms with Gasteiger partial charge in [0.15, 0.2) is 5.13 Å². The molecule has 0 bridgehead atoms. The van der Waals surface area contributed by atoms with E-state index in [4.69, 9.17) is 0 Å². The molecule has 1 heterocycles. The Morgan fingerprint density at radius 2 is 1.96 bits per heavy atom. The average molecular weight is 342 g/mol. The van der Waals surface area contributed by atoms with E-state index < -0.39 is 0 Å². The molecule has 1 aliphatic carbocycles. The van der Waals surface area contributed by atoms with Gasteiger partial charge in [0.2, 0.25) is 0 Å². The standard InChI is InChI=1S/C18H21N3S.C2H6/c1-11-10-19-18(22-11)21-14(4)20-13(3)17-9-15-7-5-6-8-16(15)12(17)2;1-2/h5-8,10,13,20H,4,9H2,1-3H3,(H,19,21);1-2H3. The normalized spacial score (nSPS) is 13.7. The van der Waals surface area contributed by atoms with Gasteiger partial charge in [-0.1, -0.05) is 44.7 Å². The predicted octanol–water partition coefficient (Wildman–Crippen LogP) is 5.37. The monoisotopic (exact) mass is 341 g/mol. The van der Waals surface area contributed by atoms with E-state index in [9.17, 15) is 0 Å². The molecule has 3 nitrogen and oxygen atoms in total. The quantitative estimate of drug-likeness (QED) is 0.768. The van der Waals surface area contributed by atoms with Crippen LogP contribution in [0.4, 0.5) is 5.13 Å². The fraction of sp³-hybridized carbons (Fsp3) is 0.350. The number of anilines is 1. The number of fused-ring (bicyclic) bond motifs is 1. The molecule has 0 saturated carbocycles. The molecule has 2 N–H and O–H groups in total. The highest BCUT2D eigenvalue weighted by Crippen LogP contribution is 2.34. The van der Waals surface area contributed by atoms with Crippen molar-refractivity contribution in [3.05, 3.63) is 64.4 Å². The lowest BCUT2D eigenvalue weighted by atomic mass is 10.0. The molecule has 1 unspecified atom stereocenters. The van der Waals surface area contributed by atoms with Gasteiger partial charge in [-0.3, -0.25) is 0 Å². The van der Waals surface area contributed by atoms with Crippen LogP contribution in [0.5, 0.6) is 0 Å². The fourth-order valence-corrected chi connectivity index (χ4v) is 3.65. The van der Waals surface area contributed by atoms with E-state index in [0.29, 0.717) is 0 Å². The van der Waals surface area contributed by atoms with E-state index >= 15 is 0 Å². The number of rotatable bonds is 5. The molecule has 3 rings (SSSR count). The van der Waals surface area contributed by atoms with E-state index in [0.717, 1.165) is 17.4 Å².